The second-order valence-electron chi connectivity index (χ2n) is 7.28. The number of rotatable bonds is 5. The van der Waals surface area contributed by atoms with E-state index in [2.05, 4.69) is 4.98 Å². The van der Waals surface area contributed by atoms with E-state index in [1.54, 1.807) is 17.1 Å². The Kier molecular flexibility index (Phi) is 6.56. The van der Waals surface area contributed by atoms with Crippen LogP contribution in [0.5, 0.6) is 0 Å². The minimum absolute atomic E-state index is 0.0457. The number of carbonyl (C=O) groups is 2. The number of hydrogen-bond donors (Lipinski definition) is 0. The number of aromatic nitrogens is 1. The Balaban J connectivity index is 1.47. The van der Waals surface area contributed by atoms with Crippen LogP contribution < -0.4 is 4.90 Å². The average Bonchev–Trinajstić information content (AvgIpc) is 3.45. The number of piperidine rings is 1. The lowest BCUT2D eigenvalue weighted by Crippen LogP contribution is -2.49. The fraction of sp³-hybridized carbons (Fsp3) is 0.409. The zero-order valence-corrected chi connectivity index (χ0v) is 17.7. The molecular weight excluding hydrogens is 402 g/mol. The van der Waals surface area contributed by atoms with Gasteiger partial charge in [-0.15, -0.1) is 11.3 Å². The molecule has 30 heavy (non-hydrogen) atoms. The smallest absolute Gasteiger partial charge is 0.247 e. The second-order valence-corrected chi connectivity index (χ2v) is 8.12. The Bertz CT molecular complexity index is 908. The summed E-state index contributed by atoms with van der Waals surface area (Å²) in [7, 11) is 0. The maximum atomic E-state index is 12.8. The standard InChI is InChI=1S/C22H25N3O4S/c1-16(26)25(18-7-3-2-4-8-18)22-23-17(15-30-22)10-11-20(27)24-12-6-5-9-19(24)21-28-13-14-29-21/h2-4,7-8,10-11,15,19,21H,5-6,9,12-14H2,1H3/b11-10+. The van der Waals surface area contributed by atoms with E-state index in [0.29, 0.717) is 30.6 Å². The van der Waals surface area contributed by atoms with Crippen molar-refractivity contribution in [1.29, 1.82) is 0 Å². The molecule has 2 amide bonds. The van der Waals surface area contributed by atoms with Gasteiger partial charge in [-0.3, -0.25) is 14.5 Å². The molecule has 0 aliphatic carbocycles. The third kappa shape index (κ3) is 4.61. The van der Waals surface area contributed by atoms with Crippen molar-refractivity contribution in [3.8, 4) is 0 Å². The molecule has 2 aliphatic heterocycles. The highest BCUT2D eigenvalue weighted by Crippen LogP contribution is 2.29. The fourth-order valence-corrected chi connectivity index (χ4v) is 4.68. The predicted octanol–water partition coefficient (Wildman–Crippen LogP) is 3.59. The maximum absolute atomic E-state index is 12.8. The summed E-state index contributed by atoms with van der Waals surface area (Å²) in [6.07, 6.45) is 5.85. The summed E-state index contributed by atoms with van der Waals surface area (Å²) < 4.78 is 11.3. The van der Waals surface area contributed by atoms with Crippen LogP contribution in [-0.4, -0.2) is 53.8 Å². The molecule has 2 fully saturated rings. The van der Waals surface area contributed by atoms with Crippen LogP contribution in [-0.2, 0) is 19.1 Å². The van der Waals surface area contributed by atoms with E-state index in [4.69, 9.17) is 9.47 Å². The molecule has 0 radical (unpaired) electrons. The third-order valence-corrected chi connectivity index (χ3v) is 6.07. The van der Waals surface area contributed by atoms with Crippen LogP contribution in [0.3, 0.4) is 0 Å². The van der Waals surface area contributed by atoms with Gasteiger partial charge in [0.15, 0.2) is 11.4 Å². The van der Waals surface area contributed by atoms with Crippen LogP contribution in [0.1, 0.15) is 31.9 Å². The minimum atomic E-state index is -0.330. The van der Waals surface area contributed by atoms with Gasteiger partial charge in [-0.2, -0.15) is 0 Å². The van der Waals surface area contributed by atoms with Crippen LogP contribution in [0, 0.1) is 0 Å². The molecule has 2 aromatic rings. The summed E-state index contributed by atoms with van der Waals surface area (Å²) in [6.45, 7) is 3.37. The Morgan fingerprint density at radius 2 is 1.97 bits per heavy atom. The molecule has 1 atom stereocenters. The SMILES string of the molecule is CC(=O)N(c1ccccc1)c1nc(/C=C/C(=O)N2CCCCC2C2OCCO2)cs1. The van der Waals surface area contributed by atoms with Crippen molar-refractivity contribution in [1.82, 2.24) is 9.88 Å². The highest BCUT2D eigenvalue weighted by atomic mass is 32.1. The van der Waals surface area contributed by atoms with E-state index in [1.165, 1.54) is 18.3 Å². The largest absolute Gasteiger partial charge is 0.348 e. The molecule has 7 nitrogen and oxygen atoms in total. The van der Waals surface area contributed by atoms with E-state index >= 15 is 0 Å². The van der Waals surface area contributed by atoms with Crippen LogP contribution in [0.25, 0.3) is 6.08 Å². The van der Waals surface area contributed by atoms with Crippen molar-refractivity contribution in [2.75, 3.05) is 24.7 Å². The highest BCUT2D eigenvalue weighted by molar-refractivity contribution is 7.14. The predicted molar refractivity (Wildman–Crippen MR) is 115 cm³/mol. The molecule has 3 heterocycles. The molecule has 1 aromatic carbocycles. The summed E-state index contributed by atoms with van der Waals surface area (Å²) in [5.74, 6) is -0.185. The van der Waals surface area contributed by atoms with Gasteiger partial charge in [-0.1, -0.05) is 18.2 Å². The molecule has 4 rings (SSSR count). The Labute approximate surface area is 179 Å². The quantitative estimate of drug-likeness (QED) is 0.682. The van der Waals surface area contributed by atoms with Gasteiger partial charge in [0.05, 0.1) is 30.6 Å². The summed E-state index contributed by atoms with van der Waals surface area (Å²) in [6, 6.07) is 9.35. The zero-order chi connectivity index (χ0) is 20.9. The van der Waals surface area contributed by atoms with Gasteiger partial charge in [0.2, 0.25) is 11.8 Å². The minimum Gasteiger partial charge on any atom is -0.348 e. The molecule has 8 heteroatoms. The van der Waals surface area contributed by atoms with E-state index < -0.39 is 0 Å². The lowest BCUT2D eigenvalue weighted by atomic mass is 10.0. The van der Waals surface area contributed by atoms with Crippen molar-refractivity contribution in [2.45, 2.75) is 38.5 Å². The van der Waals surface area contributed by atoms with Gasteiger partial charge < -0.3 is 14.4 Å². The van der Waals surface area contributed by atoms with E-state index in [1.807, 2.05) is 40.6 Å². The van der Waals surface area contributed by atoms with Gasteiger partial charge in [0, 0.05) is 24.9 Å². The van der Waals surface area contributed by atoms with Gasteiger partial charge in [-0.05, 0) is 37.5 Å². The highest BCUT2D eigenvalue weighted by Gasteiger charge is 2.35. The van der Waals surface area contributed by atoms with Crippen LogP contribution in [0.4, 0.5) is 10.8 Å². The topological polar surface area (TPSA) is 72.0 Å². The van der Waals surface area contributed by atoms with Gasteiger partial charge in [0.1, 0.15) is 0 Å². The monoisotopic (exact) mass is 427 g/mol. The van der Waals surface area contributed by atoms with Crippen LogP contribution in [0.2, 0.25) is 0 Å². The molecule has 0 saturated carbocycles. The summed E-state index contributed by atoms with van der Waals surface area (Å²) in [4.78, 5) is 33.0. The molecule has 2 aliphatic rings. The average molecular weight is 428 g/mol. The number of carbonyl (C=O) groups excluding carboxylic acids is 2. The van der Waals surface area contributed by atoms with E-state index in [9.17, 15) is 9.59 Å². The van der Waals surface area contributed by atoms with Crippen molar-refractivity contribution < 1.29 is 19.1 Å². The number of para-hydroxylation sites is 1. The van der Waals surface area contributed by atoms with Crippen molar-refractivity contribution in [3.05, 3.63) is 47.5 Å². The number of nitrogens with zero attached hydrogens (tertiary/aromatic N) is 3. The molecule has 158 valence electrons. The number of amides is 2. The van der Waals surface area contributed by atoms with Gasteiger partial charge in [0.25, 0.3) is 0 Å². The summed E-state index contributed by atoms with van der Waals surface area (Å²) in [5.41, 5.74) is 1.41. The van der Waals surface area contributed by atoms with Crippen molar-refractivity contribution >= 4 is 40.0 Å². The molecule has 1 unspecified atom stereocenters. The number of anilines is 2. The number of thiazole rings is 1. The van der Waals surface area contributed by atoms with E-state index in [-0.39, 0.29) is 24.1 Å². The zero-order valence-electron chi connectivity index (χ0n) is 16.9. The van der Waals surface area contributed by atoms with Crippen LogP contribution in [0.15, 0.2) is 41.8 Å². The third-order valence-electron chi connectivity index (χ3n) is 5.22. The first-order valence-electron chi connectivity index (χ1n) is 10.2. The second kappa shape index (κ2) is 9.51. The number of hydrogen-bond acceptors (Lipinski definition) is 6. The Morgan fingerprint density at radius 1 is 1.20 bits per heavy atom. The normalized spacial score (nSPS) is 20.0. The first kappa shape index (κ1) is 20.7. The van der Waals surface area contributed by atoms with Crippen LogP contribution >= 0.6 is 11.3 Å². The molecule has 0 N–H and O–H groups in total. The number of likely N-dealkylation sites (tertiary alicyclic amines) is 1. The fourth-order valence-electron chi connectivity index (χ4n) is 3.82. The van der Waals surface area contributed by atoms with Crippen molar-refractivity contribution in [3.63, 3.8) is 0 Å². The Hall–Kier alpha value is -2.55. The Morgan fingerprint density at radius 3 is 2.70 bits per heavy atom. The number of benzene rings is 1. The molecule has 1 aromatic heterocycles. The van der Waals surface area contributed by atoms with Gasteiger partial charge in [-0.25, -0.2) is 4.98 Å². The lowest BCUT2D eigenvalue weighted by Gasteiger charge is -2.37. The lowest BCUT2D eigenvalue weighted by molar-refractivity contribution is -0.145. The number of ether oxygens (including phenoxy) is 2. The molecular formula is C22H25N3O4S. The van der Waals surface area contributed by atoms with E-state index in [0.717, 1.165) is 24.9 Å². The maximum Gasteiger partial charge on any atom is 0.247 e. The molecule has 2 saturated heterocycles. The summed E-state index contributed by atoms with van der Waals surface area (Å²) >= 11 is 1.37. The first-order chi connectivity index (χ1) is 14.6. The molecule has 0 spiro atoms. The van der Waals surface area contributed by atoms with Gasteiger partial charge >= 0.3 is 0 Å². The first-order valence-corrected chi connectivity index (χ1v) is 11.0. The summed E-state index contributed by atoms with van der Waals surface area (Å²) in [5, 5.41) is 2.42. The molecule has 0 bridgehead atoms. The van der Waals surface area contributed by atoms with Crippen molar-refractivity contribution in [2.24, 2.45) is 0 Å².